The molecule has 104 valence electrons. The summed E-state index contributed by atoms with van der Waals surface area (Å²) in [5, 5.41) is 2.70. The number of methoxy groups -OCH3 is 1. The van der Waals surface area contributed by atoms with E-state index in [0.29, 0.717) is 17.9 Å². The molecule has 1 aromatic rings. The van der Waals surface area contributed by atoms with Crippen molar-refractivity contribution in [1.82, 2.24) is 10.2 Å². The van der Waals surface area contributed by atoms with E-state index in [1.54, 1.807) is 43.3 Å². The SMILES string of the molecule is CCNC(=O)CN(C)CC(=O)c1ccc(OC)cc1. The first-order valence-electron chi connectivity index (χ1n) is 6.19. The Morgan fingerprint density at radius 2 is 1.84 bits per heavy atom. The van der Waals surface area contributed by atoms with Gasteiger partial charge in [-0.2, -0.15) is 0 Å². The van der Waals surface area contributed by atoms with Gasteiger partial charge in [-0.15, -0.1) is 0 Å². The zero-order valence-corrected chi connectivity index (χ0v) is 11.6. The number of carbonyl (C=O) groups excluding carboxylic acids is 2. The maximum absolute atomic E-state index is 12.0. The molecule has 5 heteroatoms. The molecule has 0 aliphatic heterocycles. The highest BCUT2D eigenvalue weighted by Crippen LogP contribution is 2.11. The Labute approximate surface area is 113 Å². The standard InChI is InChI=1S/C14H20N2O3/c1-4-15-14(18)10-16(2)9-13(17)11-5-7-12(19-3)8-6-11/h5-8H,4,9-10H2,1-3H3,(H,15,18). The van der Waals surface area contributed by atoms with Crippen LogP contribution in [-0.2, 0) is 4.79 Å². The summed E-state index contributed by atoms with van der Waals surface area (Å²) in [5.41, 5.74) is 0.614. The Balaban J connectivity index is 2.51. The zero-order valence-electron chi connectivity index (χ0n) is 11.6. The van der Waals surface area contributed by atoms with Gasteiger partial charge in [0.1, 0.15) is 5.75 Å². The molecule has 1 amide bonds. The fourth-order valence-electron chi connectivity index (χ4n) is 1.67. The third kappa shape index (κ3) is 5.09. The van der Waals surface area contributed by atoms with E-state index in [4.69, 9.17) is 4.74 Å². The number of ether oxygens (including phenoxy) is 1. The molecule has 1 aromatic carbocycles. The average molecular weight is 264 g/mol. The molecule has 0 aromatic heterocycles. The second-order valence-electron chi connectivity index (χ2n) is 4.28. The Morgan fingerprint density at radius 1 is 1.21 bits per heavy atom. The second-order valence-corrected chi connectivity index (χ2v) is 4.28. The molecule has 0 saturated heterocycles. The molecule has 0 aliphatic carbocycles. The minimum Gasteiger partial charge on any atom is -0.497 e. The fourth-order valence-corrected chi connectivity index (χ4v) is 1.67. The molecular weight excluding hydrogens is 244 g/mol. The minimum absolute atomic E-state index is 0.0190. The Kier molecular flexibility index (Phi) is 6.02. The normalized spacial score (nSPS) is 10.3. The lowest BCUT2D eigenvalue weighted by atomic mass is 10.1. The van der Waals surface area contributed by atoms with Gasteiger partial charge in [0.25, 0.3) is 0 Å². The summed E-state index contributed by atoms with van der Waals surface area (Å²) < 4.78 is 5.03. The van der Waals surface area contributed by atoms with Crippen molar-refractivity contribution in [2.45, 2.75) is 6.92 Å². The van der Waals surface area contributed by atoms with Crippen molar-refractivity contribution in [3.63, 3.8) is 0 Å². The van der Waals surface area contributed by atoms with Crippen molar-refractivity contribution in [2.75, 3.05) is 33.8 Å². The highest BCUT2D eigenvalue weighted by Gasteiger charge is 2.11. The number of carbonyl (C=O) groups is 2. The lowest BCUT2D eigenvalue weighted by molar-refractivity contribution is -0.121. The lowest BCUT2D eigenvalue weighted by Gasteiger charge is -2.15. The molecule has 0 heterocycles. The molecule has 0 atom stereocenters. The number of amides is 1. The first-order chi connectivity index (χ1) is 9.06. The molecule has 19 heavy (non-hydrogen) atoms. The van der Waals surface area contributed by atoms with Gasteiger partial charge < -0.3 is 10.1 Å². The van der Waals surface area contributed by atoms with Crippen LogP contribution < -0.4 is 10.1 Å². The number of nitrogens with zero attached hydrogens (tertiary/aromatic N) is 1. The van der Waals surface area contributed by atoms with E-state index >= 15 is 0 Å². The van der Waals surface area contributed by atoms with Crippen molar-refractivity contribution in [3.05, 3.63) is 29.8 Å². The number of hydrogen-bond donors (Lipinski definition) is 1. The highest BCUT2D eigenvalue weighted by atomic mass is 16.5. The maximum Gasteiger partial charge on any atom is 0.234 e. The summed E-state index contributed by atoms with van der Waals surface area (Å²) in [6.07, 6.45) is 0. The summed E-state index contributed by atoms with van der Waals surface area (Å²) in [4.78, 5) is 25.0. The van der Waals surface area contributed by atoms with E-state index in [1.807, 2.05) is 6.92 Å². The largest absolute Gasteiger partial charge is 0.497 e. The molecule has 0 fully saturated rings. The number of nitrogens with one attached hydrogen (secondary N) is 1. The molecule has 0 aliphatic rings. The molecule has 0 radical (unpaired) electrons. The molecule has 0 spiro atoms. The van der Waals surface area contributed by atoms with Gasteiger partial charge in [0.15, 0.2) is 5.78 Å². The molecule has 0 saturated carbocycles. The van der Waals surface area contributed by atoms with Crippen molar-refractivity contribution >= 4 is 11.7 Å². The summed E-state index contributed by atoms with van der Waals surface area (Å²) in [6.45, 7) is 2.89. The first-order valence-corrected chi connectivity index (χ1v) is 6.19. The topological polar surface area (TPSA) is 58.6 Å². The van der Waals surface area contributed by atoms with E-state index in [0.717, 1.165) is 0 Å². The van der Waals surface area contributed by atoms with Crippen LogP contribution in [0.25, 0.3) is 0 Å². The van der Waals surface area contributed by atoms with E-state index in [2.05, 4.69) is 5.32 Å². The monoisotopic (exact) mass is 264 g/mol. The smallest absolute Gasteiger partial charge is 0.234 e. The van der Waals surface area contributed by atoms with Crippen LogP contribution in [0.15, 0.2) is 24.3 Å². The average Bonchev–Trinajstić information content (AvgIpc) is 2.38. The van der Waals surface area contributed by atoms with Crippen LogP contribution in [0.2, 0.25) is 0 Å². The summed E-state index contributed by atoms with van der Waals surface area (Å²) in [7, 11) is 3.33. The number of hydrogen-bond acceptors (Lipinski definition) is 4. The highest BCUT2D eigenvalue weighted by molar-refractivity contribution is 5.97. The number of Topliss-reactive ketones (excluding diaryl/α,β-unsaturated/α-hetero) is 1. The van der Waals surface area contributed by atoms with Gasteiger partial charge in [-0.3, -0.25) is 14.5 Å². The molecule has 0 bridgehead atoms. The molecule has 1 N–H and O–H groups in total. The van der Waals surface area contributed by atoms with Crippen LogP contribution in [0.5, 0.6) is 5.75 Å². The third-order valence-corrected chi connectivity index (χ3v) is 2.61. The quantitative estimate of drug-likeness (QED) is 0.745. The molecule has 1 rings (SSSR count). The van der Waals surface area contributed by atoms with Crippen molar-refractivity contribution in [2.24, 2.45) is 0 Å². The maximum atomic E-state index is 12.0. The van der Waals surface area contributed by atoms with Crippen molar-refractivity contribution in [3.8, 4) is 5.75 Å². The van der Waals surface area contributed by atoms with E-state index in [1.165, 1.54) is 0 Å². The van der Waals surface area contributed by atoms with Crippen LogP contribution in [0.3, 0.4) is 0 Å². The van der Waals surface area contributed by atoms with Gasteiger partial charge in [0, 0.05) is 12.1 Å². The predicted octanol–water partition coefficient (Wildman–Crippen LogP) is 0.946. The Morgan fingerprint density at radius 3 is 2.37 bits per heavy atom. The van der Waals surface area contributed by atoms with Crippen LogP contribution in [0, 0.1) is 0 Å². The Hall–Kier alpha value is -1.88. The van der Waals surface area contributed by atoms with Gasteiger partial charge in [-0.25, -0.2) is 0 Å². The number of likely N-dealkylation sites (N-methyl/N-ethyl adjacent to an activating group) is 2. The molecule has 0 unspecified atom stereocenters. The van der Waals surface area contributed by atoms with Crippen LogP contribution in [0.4, 0.5) is 0 Å². The van der Waals surface area contributed by atoms with E-state index in [-0.39, 0.29) is 24.8 Å². The summed E-state index contributed by atoms with van der Waals surface area (Å²) in [5.74, 6) is 0.620. The predicted molar refractivity (Wildman–Crippen MR) is 73.5 cm³/mol. The lowest BCUT2D eigenvalue weighted by Crippen LogP contribution is -2.37. The van der Waals surface area contributed by atoms with Gasteiger partial charge >= 0.3 is 0 Å². The number of rotatable bonds is 7. The molecular formula is C14H20N2O3. The van der Waals surface area contributed by atoms with Gasteiger partial charge in [-0.1, -0.05) is 0 Å². The Bertz CT molecular complexity index is 429. The van der Waals surface area contributed by atoms with Gasteiger partial charge in [0.05, 0.1) is 20.2 Å². The number of benzene rings is 1. The van der Waals surface area contributed by atoms with Crippen LogP contribution in [0.1, 0.15) is 17.3 Å². The van der Waals surface area contributed by atoms with Gasteiger partial charge in [0.2, 0.25) is 5.91 Å². The second kappa shape index (κ2) is 7.53. The van der Waals surface area contributed by atoms with E-state index in [9.17, 15) is 9.59 Å². The third-order valence-electron chi connectivity index (χ3n) is 2.61. The van der Waals surface area contributed by atoms with Crippen LogP contribution in [-0.4, -0.2) is 50.4 Å². The summed E-state index contributed by atoms with van der Waals surface area (Å²) >= 11 is 0. The van der Waals surface area contributed by atoms with Crippen molar-refractivity contribution < 1.29 is 14.3 Å². The van der Waals surface area contributed by atoms with Crippen molar-refractivity contribution in [1.29, 1.82) is 0 Å². The van der Waals surface area contributed by atoms with Crippen LogP contribution >= 0.6 is 0 Å². The number of ketones is 1. The zero-order chi connectivity index (χ0) is 14.3. The summed E-state index contributed by atoms with van der Waals surface area (Å²) in [6, 6.07) is 6.94. The molecule has 5 nitrogen and oxygen atoms in total. The van der Waals surface area contributed by atoms with E-state index < -0.39 is 0 Å². The fraction of sp³-hybridized carbons (Fsp3) is 0.429. The van der Waals surface area contributed by atoms with Gasteiger partial charge in [-0.05, 0) is 38.2 Å². The minimum atomic E-state index is -0.0764. The first kappa shape index (κ1) is 15.2.